The lowest BCUT2D eigenvalue weighted by molar-refractivity contribution is -0.142. The molecule has 0 aromatic rings. The van der Waals surface area contributed by atoms with Crippen LogP contribution in [0.1, 0.15) is 103 Å². The zero-order valence-corrected chi connectivity index (χ0v) is 40.0. The summed E-state index contributed by atoms with van der Waals surface area (Å²) in [4.78, 5) is 92.3. The van der Waals surface area contributed by atoms with Crippen molar-refractivity contribution in [3.05, 3.63) is 0 Å². The molecule has 0 aromatic heterocycles. The first-order chi connectivity index (χ1) is 33.0. The van der Waals surface area contributed by atoms with Crippen LogP contribution in [0, 0.1) is 0 Å². The van der Waals surface area contributed by atoms with Crippen LogP contribution in [0.3, 0.4) is 0 Å². The number of nitrogens with one attached hydrogen (secondary N) is 5. The molecule has 1 atom stereocenters. The average Bonchev–Trinajstić information content (AvgIpc) is 3.31. The number of amides is 5. The number of carboxylic acids is 2. The van der Waals surface area contributed by atoms with Crippen LogP contribution in [0.25, 0.3) is 0 Å². The van der Waals surface area contributed by atoms with Crippen molar-refractivity contribution in [2.45, 2.75) is 109 Å². The summed E-state index contributed by atoms with van der Waals surface area (Å²) in [7, 11) is 0. The van der Waals surface area contributed by atoms with Crippen molar-refractivity contribution in [3.63, 3.8) is 0 Å². The van der Waals surface area contributed by atoms with E-state index in [-0.39, 0.29) is 161 Å². The van der Waals surface area contributed by atoms with Crippen molar-refractivity contribution in [2.24, 2.45) is 0 Å². The maximum Gasteiger partial charge on any atom is 0.326 e. The van der Waals surface area contributed by atoms with Crippen molar-refractivity contribution in [1.82, 2.24) is 26.6 Å². The van der Waals surface area contributed by atoms with Gasteiger partial charge in [-0.05, 0) is 19.3 Å². The second-order valence-corrected chi connectivity index (χ2v) is 15.4. The minimum atomic E-state index is -1.20. The van der Waals surface area contributed by atoms with Gasteiger partial charge in [-0.25, -0.2) is 4.79 Å². The largest absolute Gasteiger partial charge is 0.481 e. The first-order valence-corrected chi connectivity index (χ1v) is 23.9. The molecule has 394 valence electrons. The van der Waals surface area contributed by atoms with E-state index in [0.717, 1.165) is 57.8 Å². The average molecular weight is 980 g/mol. The monoisotopic (exact) mass is 980 g/mol. The van der Waals surface area contributed by atoms with Gasteiger partial charge in [0.15, 0.2) is 0 Å². The highest BCUT2D eigenvalue weighted by molar-refractivity contribution is 5.84. The fourth-order valence-corrected chi connectivity index (χ4v) is 5.93. The van der Waals surface area contributed by atoms with Crippen LogP contribution < -0.4 is 26.6 Å². The van der Waals surface area contributed by atoms with Gasteiger partial charge in [0.2, 0.25) is 29.5 Å². The Labute approximate surface area is 400 Å². The fraction of sp³-hybridized carbons (Fsp3) is 0.822. The molecule has 0 aliphatic heterocycles. The third kappa shape index (κ3) is 48.1. The maximum absolute atomic E-state index is 12.3. The van der Waals surface area contributed by atoms with Crippen LogP contribution in [-0.2, 0) is 76.3 Å². The van der Waals surface area contributed by atoms with Crippen LogP contribution in [-0.4, -0.2) is 196 Å². The Bertz CT molecular complexity index is 1330. The third-order valence-electron chi connectivity index (χ3n) is 9.49. The minimum absolute atomic E-state index is 0.0255. The summed E-state index contributed by atoms with van der Waals surface area (Å²) in [6.07, 6.45) is 13.3. The quantitative estimate of drug-likeness (QED) is 0.0326. The van der Waals surface area contributed by atoms with Gasteiger partial charge in [-0.1, -0.05) is 64.2 Å². The van der Waals surface area contributed by atoms with E-state index in [0.29, 0.717) is 39.1 Å². The van der Waals surface area contributed by atoms with Crippen LogP contribution >= 0.6 is 0 Å². The normalized spacial score (nSPS) is 11.4. The van der Waals surface area contributed by atoms with Crippen LogP contribution in [0.2, 0.25) is 0 Å². The number of unbranched alkanes of at least 4 members (excludes halogenated alkanes) is 11. The SMILES string of the molecule is O=CCOCCOCCNC(=O)COCCOCCNC(=O)COCCOCCNC(=O)COCCOCCNC(=O)CC[C@H](NC(=O)CCCCCCCCCCCCCCC(=O)O)C(=O)O. The molecule has 68 heavy (non-hydrogen) atoms. The molecule has 0 fully saturated rings. The Morgan fingerprint density at radius 3 is 1.09 bits per heavy atom. The molecule has 0 spiro atoms. The molecular formula is C45H81N5O18. The van der Waals surface area contributed by atoms with Gasteiger partial charge in [-0.3, -0.25) is 28.8 Å². The van der Waals surface area contributed by atoms with Crippen molar-refractivity contribution in [2.75, 3.05) is 132 Å². The predicted octanol–water partition coefficient (Wildman–Crippen LogP) is 0.679. The smallest absolute Gasteiger partial charge is 0.326 e. The van der Waals surface area contributed by atoms with E-state index in [1.165, 1.54) is 12.8 Å². The Morgan fingerprint density at radius 1 is 0.382 bits per heavy atom. The van der Waals surface area contributed by atoms with Gasteiger partial charge < -0.3 is 79.5 Å². The molecule has 0 aromatic carbocycles. The number of hydrogen-bond donors (Lipinski definition) is 7. The standard InChI is InChI=1S/C45H81N5O18/c51-21-26-65-28-27-61-23-18-47-41(54)35-67-33-30-63-25-20-49-43(56)37-68-34-31-64-24-19-48-42(55)36-66-32-29-62-22-17-46-39(52)16-15-38(45(59)60)50-40(53)13-11-9-7-5-3-1-2-4-6-8-10-12-14-44(57)58/h21,38H,1-20,22-37H2,(H,46,52)(H,47,54)(H,48,55)(H,49,56)(H,50,53)(H,57,58)(H,59,60)/t38-/m0/s1. The number of ether oxygens (including phenoxy) is 8. The molecule has 0 radical (unpaired) electrons. The molecule has 23 nitrogen and oxygen atoms in total. The summed E-state index contributed by atoms with van der Waals surface area (Å²) in [6, 6.07) is -1.16. The minimum Gasteiger partial charge on any atom is -0.481 e. The molecule has 5 amide bonds. The highest BCUT2D eigenvalue weighted by Crippen LogP contribution is 2.13. The van der Waals surface area contributed by atoms with Gasteiger partial charge >= 0.3 is 11.9 Å². The van der Waals surface area contributed by atoms with E-state index in [1.54, 1.807) is 0 Å². The number of carboxylic acid groups (broad SMARTS) is 2. The fourth-order valence-electron chi connectivity index (χ4n) is 5.93. The molecular weight excluding hydrogens is 899 g/mol. The molecule has 0 saturated carbocycles. The molecule has 0 rings (SSSR count). The van der Waals surface area contributed by atoms with Crippen molar-refractivity contribution in [1.29, 1.82) is 0 Å². The molecule has 0 aliphatic carbocycles. The van der Waals surface area contributed by atoms with Gasteiger partial charge in [0, 0.05) is 45.4 Å². The lowest BCUT2D eigenvalue weighted by atomic mass is 10.0. The topological polar surface area (TPSA) is 311 Å². The summed E-state index contributed by atoms with van der Waals surface area (Å²) in [5, 5.41) is 31.3. The van der Waals surface area contributed by atoms with Crippen molar-refractivity contribution >= 4 is 47.8 Å². The molecule has 7 N–H and O–H groups in total. The van der Waals surface area contributed by atoms with Crippen LogP contribution in [0.5, 0.6) is 0 Å². The van der Waals surface area contributed by atoms with Crippen molar-refractivity contribution in [3.8, 4) is 0 Å². The second-order valence-electron chi connectivity index (χ2n) is 15.4. The van der Waals surface area contributed by atoms with Crippen LogP contribution in [0.4, 0.5) is 0 Å². The number of aliphatic carboxylic acids is 2. The number of aldehydes is 1. The van der Waals surface area contributed by atoms with Gasteiger partial charge in [-0.15, -0.1) is 0 Å². The Morgan fingerprint density at radius 2 is 0.721 bits per heavy atom. The zero-order valence-electron chi connectivity index (χ0n) is 40.0. The van der Waals surface area contributed by atoms with Gasteiger partial charge in [0.25, 0.3) is 0 Å². The van der Waals surface area contributed by atoms with E-state index in [1.807, 2.05) is 0 Å². The van der Waals surface area contributed by atoms with E-state index >= 15 is 0 Å². The highest BCUT2D eigenvalue weighted by Gasteiger charge is 2.21. The molecule has 0 saturated heterocycles. The Kier molecular flexibility index (Phi) is 45.9. The molecule has 23 heteroatoms. The van der Waals surface area contributed by atoms with E-state index in [4.69, 9.17) is 43.0 Å². The molecule has 0 bridgehead atoms. The number of carbonyl (C=O) groups excluding carboxylic acids is 6. The van der Waals surface area contributed by atoms with Gasteiger partial charge in [0.1, 0.15) is 38.8 Å². The van der Waals surface area contributed by atoms with Gasteiger partial charge in [0.05, 0.1) is 79.3 Å². The Balaban J connectivity index is 3.59. The van der Waals surface area contributed by atoms with E-state index < -0.39 is 18.0 Å². The lowest BCUT2D eigenvalue weighted by Crippen LogP contribution is -2.41. The molecule has 0 aliphatic rings. The van der Waals surface area contributed by atoms with Crippen LogP contribution in [0.15, 0.2) is 0 Å². The first kappa shape index (κ1) is 63.6. The predicted molar refractivity (Wildman–Crippen MR) is 246 cm³/mol. The highest BCUT2D eigenvalue weighted by atomic mass is 16.5. The second kappa shape index (κ2) is 49.1. The summed E-state index contributed by atoms with van der Waals surface area (Å²) in [5.41, 5.74) is 0. The Hall–Kier alpha value is -4.36. The molecule has 0 heterocycles. The molecule has 0 unspecified atom stereocenters. The number of rotatable bonds is 52. The lowest BCUT2D eigenvalue weighted by Gasteiger charge is -2.14. The van der Waals surface area contributed by atoms with Gasteiger partial charge in [-0.2, -0.15) is 0 Å². The maximum atomic E-state index is 12.3. The van der Waals surface area contributed by atoms with E-state index in [9.17, 15) is 43.5 Å². The van der Waals surface area contributed by atoms with E-state index in [2.05, 4.69) is 26.6 Å². The number of hydrogen-bond acceptors (Lipinski definition) is 16. The number of carbonyl (C=O) groups is 8. The summed E-state index contributed by atoms with van der Waals surface area (Å²) in [5.74, 6) is -3.59. The third-order valence-corrected chi connectivity index (χ3v) is 9.49. The zero-order chi connectivity index (χ0) is 50.0. The first-order valence-electron chi connectivity index (χ1n) is 23.9. The summed E-state index contributed by atoms with van der Waals surface area (Å²) in [6.45, 7) is 3.39. The summed E-state index contributed by atoms with van der Waals surface area (Å²) < 4.78 is 42.0. The summed E-state index contributed by atoms with van der Waals surface area (Å²) >= 11 is 0. The van der Waals surface area contributed by atoms with Crippen molar-refractivity contribution < 1.29 is 86.5 Å².